The molecule has 1 aromatic carbocycles. The minimum absolute atomic E-state index is 0.00206. The Morgan fingerprint density at radius 3 is 2.39 bits per heavy atom. The van der Waals surface area contributed by atoms with Gasteiger partial charge in [0, 0.05) is 7.05 Å². The van der Waals surface area contributed by atoms with Crippen molar-refractivity contribution in [3.8, 4) is 0 Å². The van der Waals surface area contributed by atoms with E-state index >= 15 is 0 Å². The third-order valence-corrected chi connectivity index (χ3v) is 4.60. The molecule has 152 valence electrons. The van der Waals surface area contributed by atoms with E-state index in [9.17, 15) is 18.4 Å². The number of H-pyrrole nitrogens is 1. The molecular weight excluding hydrogens is 372 g/mol. The molecule has 0 fully saturated rings. The van der Waals surface area contributed by atoms with Gasteiger partial charge in [-0.2, -0.15) is 0 Å². The van der Waals surface area contributed by atoms with Crippen LogP contribution in [-0.4, -0.2) is 46.7 Å². The molecule has 0 saturated carbocycles. The molecule has 7 nitrogen and oxygen atoms in total. The highest BCUT2D eigenvalue weighted by Gasteiger charge is 2.35. The number of imidazole rings is 1. The van der Waals surface area contributed by atoms with E-state index in [1.165, 1.54) is 19.1 Å². The Hall–Kier alpha value is -2.71. The molecule has 1 aliphatic rings. The molecule has 0 bridgehead atoms. The predicted molar refractivity (Wildman–Crippen MR) is 96.6 cm³/mol. The van der Waals surface area contributed by atoms with E-state index in [0.717, 1.165) is 0 Å². The maximum atomic E-state index is 14.9. The number of benzene rings is 1. The van der Waals surface area contributed by atoms with Crippen LogP contribution in [-0.2, 0) is 33.7 Å². The molecular formula is C19H23F2N3O4. The summed E-state index contributed by atoms with van der Waals surface area (Å²) in [7, 11) is 2.76. The van der Waals surface area contributed by atoms with Gasteiger partial charge in [-0.05, 0) is 44.7 Å². The van der Waals surface area contributed by atoms with E-state index in [-0.39, 0.29) is 47.4 Å². The number of hydrogen-bond acceptors (Lipinski definition) is 5. The van der Waals surface area contributed by atoms with Crippen molar-refractivity contribution in [1.29, 1.82) is 0 Å². The standard InChI is InChI=1S/C19H23F2N3O4/c1-19(2,3)28-18(26)24(4)8-12-22-15-13(20)10-6-9(17(25)27-5)7-11(10)14(21)16(15)23-12/h9H,6-8H2,1-5H3,(H,22,23). The molecule has 1 amide bonds. The first-order chi connectivity index (χ1) is 13.0. The van der Waals surface area contributed by atoms with Crippen molar-refractivity contribution < 1.29 is 27.8 Å². The van der Waals surface area contributed by atoms with E-state index in [4.69, 9.17) is 4.74 Å². The van der Waals surface area contributed by atoms with Gasteiger partial charge in [-0.3, -0.25) is 4.79 Å². The zero-order valence-electron chi connectivity index (χ0n) is 16.5. The molecule has 0 aliphatic heterocycles. The lowest BCUT2D eigenvalue weighted by Crippen LogP contribution is -2.34. The molecule has 3 rings (SSSR count). The Balaban J connectivity index is 1.88. The van der Waals surface area contributed by atoms with E-state index in [1.807, 2.05) is 0 Å². The average Bonchev–Trinajstić information content (AvgIpc) is 3.22. The minimum Gasteiger partial charge on any atom is -0.469 e. The summed E-state index contributed by atoms with van der Waals surface area (Å²) < 4.78 is 39.8. The lowest BCUT2D eigenvalue weighted by atomic mass is 10.1. The Morgan fingerprint density at radius 2 is 1.82 bits per heavy atom. The number of carbonyl (C=O) groups is 2. The topological polar surface area (TPSA) is 84.5 Å². The second-order valence-electron chi connectivity index (χ2n) is 7.96. The zero-order chi connectivity index (χ0) is 20.8. The molecule has 2 aromatic rings. The van der Waals surface area contributed by atoms with Crippen molar-refractivity contribution in [2.24, 2.45) is 5.92 Å². The molecule has 0 saturated heterocycles. The van der Waals surface area contributed by atoms with Gasteiger partial charge in [0.25, 0.3) is 0 Å². The van der Waals surface area contributed by atoms with E-state index < -0.39 is 35.2 Å². The van der Waals surface area contributed by atoms with Gasteiger partial charge < -0.3 is 19.4 Å². The number of aromatic amines is 1. The number of halogens is 2. The fourth-order valence-corrected chi connectivity index (χ4v) is 3.33. The van der Waals surface area contributed by atoms with Gasteiger partial charge in [-0.1, -0.05) is 0 Å². The lowest BCUT2D eigenvalue weighted by molar-refractivity contribution is -0.145. The summed E-state index contributed by atoms with van der Waals surface area (Å²) in [5, 5.41) is 0. The zero-order valence-corrected chi connectivity index (χ0v) is 16.5. The third-order valence-electron chi connectivity index (χ3n) is 4.60. The maximum Gasteiger partial charge on any atom is 0.410 e. The number of fused-ring (bicyclic) bond motifs is 2. The number of carbonyl (C=O) groups excluding carboxylic acids is 2. The summed E-state index contributed by atoms with van der Waals surface area (Å²) in [4.78, 5) is 31.9. The summed E-state index contributed by atoms with van der Waals surface area (Å²) in [6, 6.07) is 0. The molecule has 1 aliphatic carbocycles. The Bertz CT molecular complexity index is 900. The Labute approximate surface area is 161 Å². The number of amides is 1. The minimum atomic E-state index is -0.658. The molecule has 28 heavy (non-hydrogen) atoms. The first-order valence-electron chi connectivity index (χ1n) is 8.91. The van der Waals surface area contributed by atoms with Crippen molar-refractivity contribution >= 4 is 23.1 Å². The number of ether oxygens (including phenoxy) is 2. The van der Waals surface area contributed by atoms with Crippen molar-refractivity contribution in [1.82, 2.24) is 14.9 Å². The lowest BCUT2D eigenvalue weighted by Gasteiger charge is -2.24. The number of methoxy groups -OCH3 is 1. The average molecular weight is 395 g/mol. The fourth-order valence-electron chi connectivity index (χ4n) is 3.33. The van der Waals surface area contributed by atoms with Gasteiger partial charge in [0.1, 0.15) is 22.5 Å². The first-order valence-corrected chi connectivity index (χ1v) is 8.91. The molecule has 1 N–H and O–H groups in total. The van der Waals surface area contributed by atoms with Crippen molar-refractivity contribution in [2.45, 2.75) is 45.8 Å². The van der Waals surface area contributed by atoms with Gasteiger partial charge in [0.2, 0.25) is 0 Å². The summed E-state index contributed by atoms with van der Waals surface area (Å²) in [6.07, 6.45) is -0.426. The number of nitrogens with zero attached hydrogens (tertiary/aromatic N) is 2. The van der Waals surface area contributed by atoms with Crippen LogP contribution in [0.3, 0.4) is 0 Å². The van der Waals surface area contributed by atoms with Crippen LogP contribution < -0.4 is 0 Å². The third kappa shape index (κ3) is 3.65. The number of nitrogens with one attached hydrogen (secondary N) is 1. The van der Waals surface area contributed by atoms with Crippen LogP contribution in [0.25, 0.3) is 11.0 Å². The number of hydrogen-bond donors (Lipinski definition) is 1. The highest BCUT2D eigenvalue weighted by atomic mass is 19.1. The molecule has 1 aromatic heterocycles. The van der Waals surface area contributed by atoms with Crippen molar-refractivity contribution in [3.63, 3.8) is 0 Å². The van der Waals surface area contributed by atoms with Gasteiger partial charge >= 0.3 is 12.1 Å². The van der Waals surface area contributed by atoms with E-state index in [2.05, 4.69) is 14.7 Å². The van der Waals surface area contributed by atoms with Crippen LogP contribution in [0.2, 0.25) is 0 Å². The Kier molecular flexibility index (Phi) is 5.03. The van der Waals surface area contributed by atoms with Crippen LogP contribution in [0, 0.1) is 17.6 Å². The fraction of sp³-hybridized carbons (Fsp3) is 0.526. The van der Waals surface area contributed by atoms with Crippen molar-refractivity contribution in [3.05, 3.63) is 28.6 Å². The summed E-state index contributed by atoms with van der Waals surface area (Å²) in [5.41, 5.74) is -0.562. The largest absolute Gasteiger partial charge is 0.469 e. The Morgan fingerprint density at radius 1 is 1.21 bits per heavy atom. The predicted octanol–water partition coefficient (Wildman–Crippen LogP) is 3.10. The second-order valence-corrected chi connectivity index (χ2v) is 7.96. The highest BCUT2D eigenvalue weighted by molar-refractivity contribution is 5.82. The van der Waals surface area contributed by atoms with Crippen molar-refractivity contribution in [2.75, 3.05) is 14.2 Å². The summed E-state index contributed by atoms with van der Waals surface area (Å²) >= 11 is 0. The molecule has 1 unspecified atom stereocenters. The summed E-state index contributed by atoms with van der Waals surface area (Å²) in [6.45, 7) is 5.23. The first kappa shape index (κ1) is 20.0. The molecule has 9 heteroatoms. The molecule has 1 atom stereocenters. The molecule has 0 spiro atoms. The van der Waals surface area contributed by atoms with Crippen LogP contribution in [0.5, 0.6) is 0 Å². The van der Waals surface area contributed by atoms with Gasteiger partial charge in [0.05, 0.1) is 19.6 Å². The maximum absolute atomic E-state index is 14.9. The second kappa shape index (κ2) is 7.03. The molecule has 0 radical (unpaired) electrons. The monoisotopic (exact) mass is 395 g/mol. The van der Waals surface area contributed by atoms with Crippen LogP contribution in [0.1, 0.15) is 37.7 Å². The van der Waals surface area contributed by atoms with Gasteiger partial charge in [-0.15, -0.1) is 0 Å². The molecule has 1 heterocycles. The summed E-state index contributed by atoms with van der Waals surface area (Å²) in [5.74, 6) is -2.15. The van der Waals surface area contributed by atoms with E-state index in [1.54, 1.807) is 20.8 Å². The van der Waals surface area contributed by atoms with Gasteiger partial charge in [0.15, 0.2) is 11.6 Å². The number of aromatic nitrogens is 2. The highest BCUT2D eigenvalue weighted by Crippen LogP contribution is 2.36. The van der Waals surface area contributed by atoms with Crippen LogP contribution in [0.15, 0.2) is 0 Å². The quantitative estimate of drug-likeness (QED) is 0.808. The van der Waals surface area contributed by atoms with Crippen LogP contribution in [0.4, 0.5) is 13.6 Å². The van der Waals surface area contributed by atoms with Gasteiger partial charge in [-0.25, -0.2) is 18.6 Å². The van der Waals surface area contributed by atoms with Crippen LogP contribution >= 0.6 is 0 Å². The normalized spacial score (nSPS) is 14.2. The number of esters is 1. The van der Waals surface area contributed by atoms with E-state index in [0.29, 0.717) is 0 Å². The smallest absolute Gasteiger partial charge is 0.410 e. The number of rotatable bonds is 3. The SMILES string of the molecule is COC(=O)C1Cc2c(c(F)c3[nH]c(CN(C)C(=O)OC(C)(C)C)nc3c2F)C1.